The van der Waals surface area contributed by atoms with E-state index in [2.05, 4.69) is 10.2 Å². The lowest BCUT2D eigenvalue weighted by Crippen LogP contribution is -2.40. The number of rotatable bonds is 1. The lowest BCUT2D eigenvalue weighted by Gasteiger charge is -2.21. The van der Waals surface area contributed by atoms with Crippen LogP contribution in [-0.4, -0.2) is 49.3 Å². The molecule has 0 radical (unpaired) electrons. The highest BCUT2D eigenvalue weighted by molar-refractivity contribution is 5.11. The van der Waals surface area contributed by atoms with Gasteiger partial charge in [-0.3, -0.25) is 4.90 Å². The number of morpholine rings is 1. The molecule has 4 atom stereocenters. The molecule has 3 saturated heterocycles. The van der Waals surface area contributed by atoms with Gasteiger partial charge in [-0.05, 0) is 13.5 Å². The molecule has 3 aliphatic heterocycles. The van der Waals surface area contributed by atoms with Crippen LogP contribution >= 0.6 is 0 Å². The molecule has 3 nitrogen and oxygen atoms in total. The van der Waals surface area contributed by atoms with Crippen LogP contribution in [0.4, 0.5) is 0 Å². The van der Waals surface area contributed by atoms with E-state index in [1.54, 1.807) is 0 Å². The third-order valence-electron chi connectivity index (χ3n) is 3.37. The quantitative estimate of drug-likeness (QED) is 0.547. The zero-order valence-corrected chi connectivity index (χ0v) is 6.79. The van der Waals surface area contributed by atoms with Crippen LogP contribution < -0.4 is 5.32 Å². The van der Waals surface area contributed by atoms with Gasteiger partial charge in [-0.15, -0.1) is 0 Å². The van der Waals surface area contributed by atoms with Gasteiger partial charge in [0.05, 0.1) is 24.3 Å². The molecule has 0 unspecified atom stereocenters. The van der Waals surface area contributed by atoms with Crippen molar-refractivity contribution in [2.45, 2.75) is 30.7 Å². The molecule has 0 spiro atoms. The zero-order chi connectivity index (χ0) is 7.42. The number of nitrogens with one attached hydrogen (secondary N) is 1. The molecule has 0 aliphatic carbocycles. The second-order valence-corrected chi connectivity index (χ2v) is 3.80. The molecule has 62 valence electrons. The van der Waals surface area contributed by atoms with Crippen LogP contribution in [0.5, 0.6) is 0 Å². The van der Waals surface area contributed by atoms with Gasteiger partial charge in [-0.25, -0.2) is 0 Å². The molecule has 2 bridgehead atoms. The first-order valence-corrected chi connectivity index (χ1v) is 4.47. The average molecular weight is 154 g/mol. The van der Waals surface area contributed by atoms with Crippen molar-refractivity contribution < 1.29 is 4.74 Å². The van der Waals surface area contributed by atoms with E-state index in [1.807, 2.05) is 7.05 Å². The van der Waals surface area contributed by atoms with Gasteiger partial charge in [-0.2, -0.15) is 0 Å². The summed E-state index contributed by atoms with van der Waals surface area (Å²) in [4.78, 5) is 2.57. The smallest absolute Gasteiger partial charge is 0.0875 e. The summed E-state index contributed by atoms with van der Waals surface area (Å²) in [5.41, 5.74) is 0. The summed E-state index contributed by atoms with van der Waals surface area (Å²) in [5, 5.41) is 3.36. The van der Waals surface area contributed by atoms with Gasteiger partial charge in [0, 0.05) is 13.1 Å². The largest absolute Gasteiger partial charge is 0.370 e. The molecule has 3 aliphatic rings. The first kappa shape index (κ1) is 6.40. The molecule has 1 N–H and O–H groups in total. The molecular weight excluding hydrogens is 140 g/mol. The van der Waals surface area contributed by atoms with E-state index < -0.39 is 0 Å². The standard InChI is InChI=1S/C8H14N2O/c1-9-7-6-4-10-3-2-5(11-6)8(7)10/h5-9H,2-4H2,1H3/t5-,6+,7+,8-/m0/s1. The normalized spacial score (nSPS) is 54.3. The van der Waals surface area contributed by atoms with E-state index in [0.717, 1.165) is 6.54 Å². The first-order valence-electron chi connectivity index (χ1n) is 4.47. The third-order valence-corrected chi connectivity index (χ3v) is 3.37. The van der Waals surface area contributed by atoms with Crippen molar-refractivity contribution in [1.29, 1.82) is 0 Å². The fourth-order valence-electron chi connectivity index (χ4n) is 2.94. The van der Waals surface area contributed by atoms with Crippen LogP contribution in [0.25, 0.3) is 0 Å². The van der Waals surface area contributed by atoms with Gasteiger partial charge in [0.1, 0.15) is 0 Å². The van der Waals surface area contributed by atoms with Crippen LogP contribution in [0.3, 0.4) is 0 Å². The van der Waals surface area contributed by atoms with Gasteiger partial charge < -0.3 is 10.1 Å². The van der Waals surface area contributed by atoms with Crippen molar-refractivity contribution in [1.82, 2.24) is 10.2 Å². The van der Waals surface area contributed by atoms with Crippen LogP contribution in [0.1, 0.15) is 6.42 Å². The third kappa shape index (κ3) is 0.643. The Hall–Kier alpha value is -0.120. The number of ether oxygens (including phenoxy) is 1. The maximum atomic E-state index is 5.85. The Morgan fingerprint density at radius 2 is 2.36 bits per heavy atom. The number of fused-ring (bicyclic) bond motifs is 1. The van der Waals surface area contributed by atoms with Gasteiger partial charge in [0.15, 0.2) is 0 Å². The Morgan fingerprint density at radius 1 is 1.45 bits per heavy atom. The summed E-state index contributed by atoms with van der Waals surface area (Å²) in [5.74, 6) is 0. The monoisotopic (exact) mass is 154 g/mol. The Morgan fingerprint density at radius 3 is 3.00 bits per heavy atom. The highest BCUT2D eigenvalue weighted by atomic mass is 16.5. The molecule has 0 saturated carbocycles. The second kappa shape index (κ2) is 1.97. The van der Waals surface area contributed by atoms with Crippen molar-refractivity contribution in [3.05, 3.63) is 0 Å². The van der Waals surface area contributed by atoms with Crippen molar-refractivity contribution in [3.8, 4) is 0 Å². The highest BCUT2D eigenvalue weighted by Crippen LogP contribution is 2.39. The Bertz CT molecular complexity index is 171. The van der Waals surface area contributed by atoms with Crippen LogP contribution in [0, 0.1) is 0 Å². The summed E-state index contributed by atoms with van der Waals surface area (Å²) >= 11 is 0. The Labute approximate surface area is 66.7 Å². The molecule has 0 aromatic rings. The van der Waals surface area contributed by atoms with Crippen LogP contribution in [-0.2, 0) is 4.74 Å². The zero-order valence-electron chi connectivity index (χ0n) is 6.79. The number of hydrogen-bond donors (Lipinski definition) is 1. The van der Waals surface area contributed by atoms with E-state index >= 15 is 0 Å². The van der Waals surface area contributed by atoms with E-state index in [4.69, 9.17) is 4.74 Å². The molecule has 3 rings (SSSR count). The van der Waals surface area contributed by atoms with E-state index in [0.29, 0.717) is 24.3 Å². The summed E-state index contributed by atoms with van der Waals surface area (Å²) in [6.45, 7) is 2.41. The number of nitrogens with zero attached hydrogens (tertiary/aromatic N) is 1. The summed E-state index contributed by atoms with van der Waals surface area (Å²) in [6, 6.07) is 1.31. The fraction of sp³-hybridized carbons (Fsp3) is 1.00. The van der Waals surface area contributed by atoms with E-state index in [1.165, 1.54) is 13.0 Å². The predicted molar refractivity (Wildman–Crippen MR) is 41.5 cm³/mol. The second-order valence-electron chi connectivity index (χ2n) is 3.80. The minimum Gasteiger partial charge on any atom is -0.370 e. The van der Waals surface area contributed by atoms with Crippen molar-refractivity contribution >= 4 is 0 Å². The summed E-state index contributed by atoms with van der Waals surface area (Å²) in [6.07, 6.45) is 2.28. The molecular formula is C8H14N2O. The maximum Gasteiger partial charge on any atom is 0.0875 e. The Kier molecular flexibility index (Phi) is 1.15. The van der Waals surface area contributed by atoms with Crippen LogP contribution in [0.15, 0.2) is 0 Å². The van der Waals surface area contributed by atoms with E-state index in [-0.39, 0.29) is 0 Å². The van der Waals surface area contributed by atoms with Gasteiger partial charge in [-0.1, -0.05) is 0 Å². The minimum absolute atomic E-state index is 0.484. The minimum atomic E-state index is 0.484. The highest BCUT2D eigenvalue weighted by Gasteiger charge is 2.56. The topological polar surface area (TPSA) is 24.5 Å². The molecule has 3 heteroatoms. The first-order chi connectivity index (χ1) is 5.40. The Balaban J connectivity index is 1.93. The van der Waals surface area contributed by atoms with Crippen molar-refractivity contribution in [3.63, 3.8) is 0 Å². The van der Waals surface area contributed by atoms with E-state index in [9.17, 15) is 0 Å². The molecule has 0 aromatic heterocycles. The molecule has 0 amide bonds. The number of likely N-dealkylation sites (N-methyl/N-ethyl adjacent to an activating group) is 1. The summed E-state index contributed by atoms with van der Waals surface area (Å²) < 4.78 is 5.85. The van der Waals surface area contributed by atoms with Gasteiger partial charge >= 0.3 is 0 Å². The molecule has 3 heterocycles. The maximum absolute atomic E-state index is 5.85. The van der Waals surface area contributed by atoms with Gasteiger partial charge in [0.25, 0.3) is 0 Å². The average Bonchev–Trinajstić information content (AvgIpc) is 2.55. The summed E-state index contributed by atoms with van der Waals surface area (Å²) in [7, 11) is 2.05. The molecule has 3 fully saturated rings. The van der Waals surface area contributed by atoms with Crippen molar-refractivity contribution in [2.24, 2.45) is 0 Å². The lowest BCUT2D eigenvalue weighted by molar-refractivity contribution is 0.00833. The fourth-order valence-corrected chi connectivity index (χ4v) is 2.94. The molecule has 0 aromatic carbocycles. The van der Waals surface area contributed by atoms with Crippen molar-refractivity contribution in [2.75, 3.05) is 20.1 Å². The molecule has 11 heavy (non-hydrogen) atoms. The SMILES string of the molecule is CN[C@H]1[C@@H]2[C@@H]3CCN2C[C@H]1O3. The van der Waals surface area contributed by atoms with Crippen LogP contribution in [0.2, 0.25) is 0 Å². The number of hydrogen-bond acceptors (Lipinski definition) is 3. The van der Waals surface area contributed by atoms with Gasteiger partial charge in [0.2, 0.25) is 0 Å². The predicted octanol–water partition coefficient (Wildman–Crippen LogP) is -0.570. The lowest BCUT2D eigenvalue weighted by atomic mass is 10.1.